The van der Waals surface area contributed by atoms with E-state index in [0.717, 1.165) is 30.0 Å². The summed E-state index contributed by atoms with van der Waals surface area (Å²) in [7, 11) is 0. The summed E-state index contributed by atoms with van der Waals surface area (Å²) in [5.74, 6) is 4.51. The molecule has 0 aliphatic carbocycles. The van der Waals surface area contributed by atoms with Crippen LogP contribution in [0.5, 0.6) is 0 Å². The van der Waals surface area contributed by atoms with Crippen molar-refractivity contribution in [3.63, 3.8) is 0 Å². The molecule has 0 saturated heterocycles. The number of rotatable bonds is 3. The molecule has 0 aliphatic rings. The van der Waals surface area contributed by atoms with Gasteiger partial charge >= 0.3 is 0 Å². The maximum absolute atomic E-state index is 13.7. The Hall–Kier alpha value is -2.92. The van der Waals surface area contributed by atoms with Gasteiger partial charge in [-0.1, -0.05) is 42.2 Å². The summed E-state index contributed by atoms with van der Waals surface area (Å²) in [6.07, 6.45) is 3.84. The Balaban J connectivity index is 1.84. The Kier molecular flexibility index (Phi) is 4.72. The summed E-state index contributed by atoms with van der Waals surface area (Å²) in [6.45, 7) is 3.72. The van der Waals surface area contributed by atoms with Gasteiger partial charge in [0.15, 0.2) is 11.6 Å². The summed E-state index contributed by atoms with van der Waals surface area (Å²) < 4.78 is 26.9. The highest BCUT2D eigenvalue weighted by atomic mass is 19.2. The molecule has 0 saturated carbocycles. The first-order valence-corrected chi connectivity index (χ1v) is 7.77. The lowest BCUT2D eigenvalue weighted by atomic mass is 10.1. The first-order valence-electron chi connectivity index (χ1n) is 7.77. The molecule has 2 heteroatoms. The minimum absolute atomic E-state index is 0.270. The van der Waals surface area contributed by atoms with Gasteiger partial charge in [-0.25, -0.2) is 8.78 Å². The lowest BCUT2D eigenvalue weighted by molar-refractivity contribution is 0.517. The van der Waals surface area contributed by atoms with Gasteiger partial charge in [-0.2, -0.15) is 0 Å². The van der Waals surface area contributed by atoms with Crippen LogP contribution in [-0.4, -0.2) is 0 Å². The third-order valence-electron chi connectivity index (χ3n) is 3.85. The molecule has 0 amide bonds. The van der Waals surface area contributed by atoms with Crippen molar-refractivity contribution in [1.82, 2.24) is 0 Å². The van der Waals surface area contributed by atoms with E-state index < -0.39 is 11.6 Å². The van der Waals surface area contributed by atoms with E-state index in [0.29, 0.717) is 5.39 Å². The molecule has 118 valence electrons. The van der Waals surface area contributed by atoms with Crippen LogP contribution in [0, 0.1) is 23.5 Å². The number of allylic oxidation sites excluding steroid dienone is 1. The Morgan fingerprint density at radius 2 is 1.58 bits per heavy atom. The molecule has 0 spiro atoms. The molecule has 3 aromatic rings. The minimum Gasteiger partial charge on any atom is -0.204 e. The van der Waals surface area contributed by atoms with Crippen molar-refractivity contribution in [3.05, 3.63) is 95.6 Å². The largest absolute Gasteiger partial charge is 0.204 e. The Morgan fingerprint density at radius 3 is 2.33 bits per heavy atom. The highest BCUT2D eigenvalue weighted by molar-refractivity contribution is 5.84. The van der Waals surface area contributed by atoms with Crippen LogP contribution in [0.2, 0.25) is 0 Å². The molecule has 0 nitrogen and oxygen atoms in total. The summed E-state index contributed by atoms with van der Waals surface area (Å²) in [5.41, 5.74) is 2.94. The number of aryl methyl sites for hydroxylation is 1. The molecular formula is C22H16F2. The molecule has 0 atom stereocenters. The van der Waals surface area contributed by atoms with Crippen molar-refractivity contribution in [2.45, 2.75) is 12.8 Å². The Labute approximate surface area is 140 Å². The molecule has 0 unspecified atom stereocenters. The van der Waals surface area contributed by atoms with E-state index in [1.54, 1.807) is 24.3 Å². The third-order valence-corrected chi connectivity index (χ3v) is 3.85. The average Bonchev–Trinajstić information content (AvgIpc) is 2.62. The minimum atomic E-state index is -0.835. The fourth-order valence-corrected chi connectivity index (χ4v) is 2.51. The fraction of sp³-hybridized carbons (Fsp3) is 0.0909. The van der Waals surface area contributed by atoms with E-state index in [1.165, 1.54) is 5.56 Å². The monoisotopic (exact) mass is 318 g/mol. The van der Waals surface area contributed by atoms with Gasteiger partial charge in [0.05, 0.1) is 0 Å². The second-order valence-electron chi connectivity index (χ2n) is 5.57. The van der Waals surface area contributed by atoms with E-state index in [9.17, 15) is 8.78 Å². The van der Waals surface area contributed by atoms with Gasteiger partial charge in [-0.15, -0.1) is 6.58 Å². The van der Waals surface area contributed by atoms with E-state index in [-0.39, 0.29) is 5.39 Å². The van der Waals surface area contributed by atoms with Gasteiger partial charge in [0, 0.05) is 16.5 Å². The predicted octanol–water partition coefficient (Wildman–Crippen LogP) is 5.64. The molecular weight excluding hydrogens is 302 g/mol. The van der Waals surface area contributed by atoms with E-state index >= 15 is 0 Å². The first-order chi connectivity index (χ1) is 11.7. The Bertz CT molecular complexity index is 941. The molecule has 0 radical (unpaired) electrons. The first kappa shape index (κ1) is 16.0. The van der Waals surface area contributed by atoms with Crippen LogP contribution in [0.25, 0.3) is 10.8 Å². The van der Waals surface area contributed by atoms with Crippen LogP contribution in [-0.2, 0) is 6.42 Å². The zero-order valence-electron chi connectivity index (χ0n) is 13.2. The van der Waals surface area contributed by atoms with Crippen molar-refractivity contribution < 1.29 is 8.78 Å². The van der Waals surface area contributed by atoms with Gasteiger partial charge in [-0.05, 0) is 54.1 Å². The fourth-order valence-electron chi connectivity index (χ4n) is 2.51. The topological polar surface area (TPSA) is 0 Å². The second kappa shape index (κ2) is 7.10. The van der Waals surface area contributed by atoms with Crippen molar-refractivity contribution in [3.8, 4) is 11.8 Å². The molecule has 0 aliphatic heterocycles. The number of hydrogen-bond acceptors (Lipinski definition) is 0. The van der Waals surface area contributed by atoms with Crippen molar-refractivity contribution in [1.29, 1.82) is 0 Å². The highest BCUT2D eigenvalue weighted by Crippen LogP contribution is 2.21. The standard InChI is InChI=1S/C22H16F2/c1-2-3-4-16-5-7-17(8-6-16)9-10-18-11-13-20-19(15-18)12-14-21(23)22(20)24/h2,5-8,11-15H,1,3-4H2. The number of hydrogen-bond donors (Lipinski definition) is 0. The second-order valence-corrected chi connectivity index (χ2v) is 5.57. The summed E-state index contributed by atoms with van der Waals surface area (Å²) >= 11 is 0. The van der Waals surface area contributed by atoms with Crippen molar-refractivity contribution in [2.75, 3.05) is 0 Å². The average molecular weight is 318 g/mol. The quantitative estimate of drug-likeness (QED) is 0.433. The molecule has 3 aromatic carbocycles. The summed E-state index contributed by atoms with van der Waals surface area (Å²) in [5, 5.41) is 0.910. The van der Waals surface area contributed by atoms with E-state index in [4.69, 9.17) is 0 Å². The van der Waals surface area contributed by atoms with Gasteiger partial charge in [0.1, 0.15) is 0 Å². The molecule has 0 N–H and O–H groups in total. The molecule has 24 heavy (non-hydrogen) atoms. The SMILES string of the molecule is C=CCCc1ccc(C#Cc2ccc3c(F)c(F)ccc3c2)cc1. The van der Waals surface area contributed by atoms with Crippen LogP contribution in [0.3, 0.4) is 0 Å². The maximum atomic E-state index is 13.7. The van der Waals surface area contributed by atoms with Crippen LogP contribution >= 0.6 is 0 Å². The lowest BCUT2D eigenvalue weighted by Gasteiger charge is -2.01. The molecule has 0 heterocycles. The predicted molar refractivity (Wildman–Crippen MR) is 94.8 cm³/mol. The number of halogens is 2. The summed E-state index contributed by atoms with van der Waals surface area (Å²) in [4.78, 5) is 0. The third kappa shape index (κ3) is 3.52. The molecule has 0 fully saturated rings. The zero-order chi connectivity index (χ0) is 16.9. The van der Waals surface area contributed by atoms with Gasteiger partial charge < -0.3 is 0 Å². The van der Waals surface area contributed by atoms with Crippen LogP contribution in [0.1, 0.15) is 23.1 Å². The van der Waals surface area contributed by atoms with Gasteiger partial charge in [0.25, 0.3) is 0 Å². The summed E-state index contributed by atoms with van der Waals surface area (Å²) in [6, 6.07) is 15.8. The molecule has 0 aromatic heterocycles. The van der Waals surface area contributed by atoms with Crippen LogP contribution in [0.4, 0.5) is 8.78 Å². The Morgan fingerprint density at radius 1 is 0.875 bits per heavy atom. The van der Waals surface area contributed by atoms with Crippen LogP contribution < -0.4 is 0 Å². The maximum Gasteiger partial charge on any atom is 0.166 e. The van der Waals surface area contributed by atoms with E-state index in [2.05, 4.69) is 30.6 Å². The van der Waals surface area contributed by atoms with Crippen molar-refractivity contribution >= 4 is 10.8 Å². The zero-order valence-corrected chi connectivity index (χ0v) is 13.2. The van der Waals surface area contributed by atoms with E-state index in [1.807, 2.05) is 18.2 Å². The molecule has 3 rings (SSSR count). The number of fused-ring (bicyclic) bond motifs is 1. The van der Waals surface area contributed by atoms with Gasteiger partial charge in [-0.3, -0.25) is 0 Å². The number of benzene rings is 3. The molecule has 0 bridgehead atoms. The normalized spacial score (nSPS) is 10.2. The lowest BCUT2D eigenvalue weighted by Crippen LogP contribution is -1.87. The smallest absolute Gasteiger partial charge is 0.166 e. The van der Waals surface area contributed by atoms with Crippen LogP contribution in [0.15, 0.2) is 67.3 Å². The highest BCUT2D eigenvalue weighted by Gasteiger charge is 2.06. The van der Waals surface area contributed by atoms with Gasteiger partial charge in [0.2, 0.25) is 0 Å². The van der Waals surface area contributed by atoms with Crippen molar-refractivity contribution in [2.24, 2.45) is 0 Å².